The number of halogens is 2. The lowest BCUT2D eigenvalue weighted by Crippen LogP contribution is -2.21. The molecule has 0 amide bonds. The molecule has 2 aromatic rings. The number of nitrogens with two attached hydrogens (primary N) is 4. The molecule has 0 fully saturated rings. The van der Waals surface area contributed by atoms with Crippen molar-refractivity contribution in [1.82, 2.24) is 0 Å². The van der Waals surface area contributed by atoms with Crippen LogP contribution in [0.1, 0.15) is 0 Å². The molecule has 10 N–H and O–H groups in total. The first-order chi connectivity index (χ1) is 12.4. The molecule has 2 aromatic carbocycles. The second-order valence-corrected chi connectivity index (χ2v) is 7.87. The Morgan fingerprint density at radius 3 is 1.30 bits per heavy atom. The van der Waals surface area contributed by atoms with Crippen LogP contribution in [-0.2, 0) is 10.4 Å². The zero-order chi connectivity index (χ0) is 21.0. The van der Waals surface area contributed by atoms with E-state index < -0.39 is 10.4 Å². The first-order valence-electron chi connectivity index (χ1n) is 6.77. The van der Waals surface area contributed by atoms with Gasteiger partial charge in [0.2, 0.25) is 0 Å². The second-order valence-electron chi connectivity index (χ2n) is 4.48. The maximum Gasteiger partial charge on any atom is 0.394 e. The fourth-order valence-electron chi connectivity index (χ4n) is 1.39. The zero-order valence-electron chi connectivity index (χ0n) is 13.7. The van der Waals surface area contributed by atoms with Crippen molar-refractivity contribution < 1.29 is 17.5 Å². The van der Waals surface area contributed by atoms with E-state index in [1.165, 1.54) is 0 Å². The summed E-state index contributed by atoms with van der Waals surface area (Å²) in [5.41, 5.74) is 22.4. The minimum absolute atomic E-state index is 0.0898. The van der Waals surface area contributed by atoms with Crippen molar-refractivity contribution in [2.24, 2.45) is 32.9 Å². The van der Waals surface area contributed by atoms with Gasteiger partial charge in [0.05, 0.1) is 11.4 Å². The van der Waals surface area contributed by atoms with Crippen LogP contribution in [0.4, 0.5) is 11.4 Å². The number of benzene rings is 2. The normalized spacial score (nSPS) is 9.63. The van der Waals surface area contributed by atoms with Gasteiger partial charge in [-0.2, -0.15) is 8.42 Å². The molecule has 0 spiro atoms. The topological polar surface area (TPSA) is 203 Å². The van der Waals surface area contributed by atoms with Crippen molar-refractivity contribution in [3.63, 3.8) is 0 Å². The van der Waals surface area contributed by atoms with Crippen molar-refractivity contribution in [2.45, 2.75) is 0 Å². The summed E-state index contributed by atoms with van der Waals surface area (Å²) in [5.74, 6) is 0.180. The van der Waals surface area contributed by atoms with Crippen LogP contribution in [0.5, 0.6) is 0 Å². The summed E-state index contributed by atoms with van der Waals surface area (Å²) in [5, 5.41) is 0. The average molecular weight is 620 g/mol. The van der Waals surface area contributed by atoms with Crippen LogP contribution in [-0.4, -0.2) is 29.4 Å². The summed E-state index contributed by atoms with van der Waals surface area (Å²) in [4.78, 5) is 7.78. The van der Waals surface area contributed by atoms with Gasteiger partial charge in [-0.15, -0.1) is 0 Å². The Kier molecular flexibility index (Phi) is 11.9. The van der Waals surface area contributed by atoms with Gasteiger partial charge in [-0.25, -0.2) is 9.98 Å². The van der Waals surface area contributed by atoms with Gasteiger partial charge in [0.15, 0.2) is 11.9 Å². The quantitative estimate of drug-likeness (QED) is 0.126. The third-order valence-electron chi connectivity index (χ3n) is 2.13. The van der Waals surface area contributed by atoms with Gasteiger partial charge in [0, 0.05) is 7.14 Å². The number of hydrogen-bond acceptors (Lipinski definition) is 4. The predicted molar refractivity (Wildman–Crippen MR) is 123 cm³/mol. The Morgan fingerprint density at radius 1 is 0.778 bits per heavy atom. The molecule has 27 heavy (non-hydrogen) atoms. The number of aliphatic imine (C=N–C) groups is 2. The largest absolute Gasteiger partial charge is 0.394 e. The first-order valence-corrected chi connectivity index (χ1v) is 10.3. The van der Waals surface area contributed by atoms with Gasteiger partial charge in [-0.1, -0.05) is 12.1 Å². The maximum absolute atomic E-state index is 8.74. The third-order valence-corrected chi connectivity index (χ3v) is 3.47. The number of guanidine groups is 2. The molecule has 0 aromatic heterocycles. The van der Waals surface area contributed by atoms with Crippen LogP contribution in [0.15, 0.2) is 58.5 Å². The van der Waals surface area contributed by atoms with Gasteiger partial charge in [0.25, 0.3) is 0 Å². The third kappa shape index (κ3) is 17.5. The Morgan fingerprint density at radius 2 is 1.07 bits per heavy atom. The number of rotatable bonds is 2. The van der Waals surface area contributed by atoms with Crippen LogP contribution in [0.3, 0.4) is 0 Å². The molecule has 0 saturated heterocycles. The summed E-state index contributed by atoms with van der Waals surface area (Å²) >= 11 is 4.40. The van der Waals surface area contributed by atoms with Crippen LogP contribution >= 0.6 is 45.2 Å². The van der Waals surface area contributed by atoms with E-state index in [1.807, 2.05) is 48.5 Å². The lowest BCUT2D eigenvalue weighted by atomic mass is 10.3. The smallest absolute Gasteiger partial charge is 0.370 e. The van der Waals surface area contributed by atoms with E-state index in [2.05, 4.69) is 55.2 Å². The molecule has 148 valence electrons. The monoisotopic (exact) mass is 620 g/mol. The van der Waals surface area contributed by atoms with Crippen LogP contribution < -0.4 is 22.9 Å². The second kappa shape index (κ2) is 12.7. The minimum Gasteiger partial charge on any atom is -0.370 e. The fourth-order valence-corrected chi connectivity index (χ4v) is 2.44. The van der Waals surface area contributed by atoms with Crippen molar-refractivity contribution in [1.29, 1.82) is 0 Å². The van der Waals surface area contributed by atoms with Crippen LogP contribution in [0, 0.1) is 7.14 Å². The molecule has 0 aliphatic rings. The summed E-state index contributed by atoms with van der Waals surface area (Å²) in [6, 6.07) is 15.3. The average Bonchev–Trinajstić information content (AvgIpc) is 2.44. The Bertz CT molecular complexity index is 830. The van der Waals surface area contributed by atoms with Gasteiger partial charge >= 0.3 is 10.4 Å². The number of hydrogen-bond donors (Lipinski definition) is 6. The highest BCUT2D eigenvalue weighted by atomic mass is 127. The molecule has 0 bridgehead atoms. The first kappa shape index (κ1) is 25.3. The fraction of sp³-hybridized carbons (Fsp3) is 0. The molecule has 0 unspecified atom stereocenters. The molecule has 0 aliphatic heterocycles. The zero-order valence-corrected chi connectivity index (χ0v) is 18.8. The molecule has 2 rings (SSSR count). The van der Waals surface area contributed by atoms with Crippen molar-refractivity contribution >= 4 is 78.9 Å². The summed E-state index contributed by atoms with van der Waals surface area (Å²) in [7, 11) is -4.67. The van der Waals surface area contributed by atoms with E-state index in [4.69, 9.17) is 40.5 Å². The molecule has 0 atom stereocenters. The minimum atomic E-state index is -4.67. The molecule has 0 radical (unpaired) electrons. The van der Waals surface area contributed by atoms with Crippen LogP contribution in [0.25, 0.3) is 0 Å². The van der Waals surface area contributed by atoms with E-state index in [9.17, 15) is 0 Å². The molecule has 10 nitrogen and oxygen atoms in total. The Hall–Kier alpha value is -1.69. The summed E-state index contributed by atoms with van der Waals surface area (Å²) in [6.45, 7) is 0. The highest BCUT2D eigenvalue weighted by Crippen LogP contribution is 2.15. The van der Waals surface area contributed by atoms with E-state index in [0.29, 0.717) is 0 Å². The van der Waals surface area contributed by atoms with Crippen molar-refractivity contribution in [2.75, 3.05) is 0 Å². The van der Waals surface area contributed by atoms with Gasteiger partial charge < -0.3 is 22.9 Å². The standard InChI is InChI=1S/2C7H8IN3.H2O4S/c2*8-5-2-1-3-6(4-5)11-7(9)10;1-5(2,3)4/h2*1-4H,(H4,9,10,11);(H2,1,2,3,4). The SMILES string of the molecule is NC(N)=Nc1cccc(I)c1.NC(N)=Nc1cccc(I)c1.O=S(=O)(O)O. The molecule has 0 aliphatic carbocycles. The highest BCUT2D eigenvalue weighted by Gasteiger charge is 1.90. The van der Waals surface area contributed by atoms with E-state index >= 15 is 0 Å². The molecular weight excluding hydrogens is 602 g/mol. The number of nitrogens with zero attached hydrogens (tertiary/aromatic N) is 2. The van der Waals surface area contributed by atoms with E-state index in [-0.39, 0.29) is 11.9 Å². The van der Waals surface area contributed by atoms with E-state index in [1.54, 1.807) is 0 Å². The summed E-state index contributed by atoms with van der Waals surface area (Å²) in [6.07, 6.45) is 0. The Labute approximate surface area is 184 Å². The van der Waals surface area contributed by atoms with Crippen molar-refractivity contribution in [3.8, 4) is 0 Å². The molecular formula is C14H18I2N6O4S. The molecule has 0 heterocycles. The van der Waals surface area contributed by atoms with Gasteiger partial charge in [-0.3, -0.25) is 9.11 Å². The Balaban J connectivity index is 0.000000405. The van der Waals surface area contributed by atoms with Crippen LogP contribution in [0.2, 0.25) is 0 Å². The highest BCUT2D eigenvalue weighted by molar-refractivity contribution is 14.1. The maximum atomic E-state index is 8.74. The molecule has 13 heteroatoms. The lowest BCUT2D eigenvalue weighted by Gasteiger charge is -1.94. The lowest BCUT2D eigenvalue weighted by molar-refractivity contribution is 0.381. The van der Waals surface area contributed by atoms with Gasteiger partial charge in [-0.05, 0) is 81.6 Å². The molecule has 0 saturated carbocycles. The van der Waals surface area contributed by atoms with Gasteiger partial charge in [0.1, 0.15) is 0 Å². The van der Waals surface area contributed by atoms with Crippen molar-refractivity contribution in [3.05, 3.63) is 55.7 Å². The van der Waals surface area contributed by atoms with E-state index in [0.717, 1.165) is 18.5 Å². The summed E-state index contributed by atoms with van der Waals surface area (Å²) < 4.78 is 33.8. The predicted octanol–water partition coefficient (Wildman–Crippen LogP) is 1.74.